The van der Waals surface area contributed by atoms with Gasteiger partial charge in [-0.05, 0) is 18.7 Å². The maximum atomic E-state index is 13.9. The first kappa shape index (κ1) is 16.8. The normalized spacial score (nSPS) is 22.3. The highest BCUT2D eigenvalue weighted by Crippen LogP contribution is 2.29. The largest absolute Gasteiger partial charge is 0.340 e. The number of carbonyl (C=O) groups excluding carboxylic acids is 2. The van der Waals surface area contributed by atoms with E-state index in [1.54, 1.807) is 4.90 Å². The first-order valence-corrected chi connectivity index (χ1v) is 8.26. The van der Waals surface area contributed by atoms with Gasteiger partial charge in [-0.25, -0.2) is 8.78 Å². The lowest BCUT2D eigenvalue weighted by molar-refractivity contribution is -0.137. The second-order valence-electron chi connectivity index (χ2n) is 6.26. The van der Waals surface area contributed by atoms with Gasteiger partial charge >= 0.3 is 0 Å². The van der Waals surface area contributed by atoms with E-state index in [9.17, 15) is 18.4 Å². The van der Waals surface area contributed by atoms with Crippen molar-refractivity contribution in [3.05, 3.63) is 29.8 Å². The van der Waals surface area contributed by atoms with Crippen LogP contribution in [0.4, 0.5) is 14.5 Å². The molecule has 2 amide bonds. The molecule has 2 heterocycles. The summed E-state index contributed by atoms with van der Waals surface area (Å²) in [4.78, 5) is 30.1. The Balaban J connectivity index is 1.67. The van der Waals surface area contributed by atoms with Crippen molar-refractivity contribution in [3.8, 4) is 0 Å². The zero-order valence-corrected chi connectivity index (χ0v) is 13.7. The van der Waals surface area contributed by atoms with Crippen LogP contribution in [-0.2, 0) is 9.59 Å². The minimum absolute atomic E-state index is 0.0347. The smallest absolute Gasteiger partial charge is 0.228 e. The summed E-state index contributed by atoms with van der Waals surface area (Å²) in [7, 11) is 0. The van der Waals surface area contributed by atoms with Crippen LogP contribution in [-0.4, -0.2) is 60.9 Å². The number of nitrogens with zero attached hydrogens (tertiary/aromatic N) is 3. The van der Waals surface area contributed by atoms with E-state index < -0.39 is 17.6 Å². The predicted molar refractivity (Wildman–Crippen MR) is 85.5 cm³/mol. The van der Waals surface area contributed by atoms with Crippen molar-refractivity contribution in [1.29, 1.82) is 0 Å². The SMILES string of the molecule is CCN1CCN(C(=O)C2CC(=O)N(c3ccc(F)cc3F)C2)CC1. The van der Waals surface area contributed by atoms with Crippen LogP contribution in [0.2, 0.25) is 0 Å². The molecule has 0 saturated carbocycles. The highest BCUT2D eigenvalue weighted by Gasteiger charge is 2.38. The Hall–Kier alpha value is -2.02. The van der Waals surface area contributed by atoms with E-state index in [2.05, 4.69) is 11.8 Å². The molecule has 0 aliphatic carbocycles. The minimum atomic E-state index is -0.784. The summed E-state index contributed by atoms with van der Waals surface area (Å²) in [6.45, 7) is 6.17. The Morgan fingerprint density at radius 2 is 1.92 bits per heavy atom. The highest BCUT2D eigenvalue weighted by molar-refractivity contribution is 6.00. The lowest BCUT2D eigenvalue weighted by Gasteiger charge is -2.35. The Morgan fingerprint density at radius 3 is 2.54 bits per heavy atom. The molecular formula is C17H21F2N3O2. The number of rotatable bonds is 3. The number of piperazine rings is 1. The second-order valence-corrected chi connectivity index (χ2v) is 6.26. The van der Waals surface area contributed by atoms with E-state index in [1.165, 1.54) is 11.0 Å². The molecule has 1 aromatic rings. The lowest BCUT2D eigenvalue weighted by atomic mass is 10.1. The number of carbonyl (C=O) groups is 2. The van der Waals surface area contributed by atoms with Crippen LogP contribution < -0.4 is 4.90 Å². The third-order valence-corrected chi connectivity index (χ3v) is 4.81. The summed E-state index contributed by atoms with van der Waals surface area (Å²) in [5.74, 6) is -2.29. The highest BCUT2D eigenvalue weighted by atomic mass is 19.1. The Labute approximate surface area is 139 Å². The average Bonchev–Trinajstić information content (AvgIpc) is 2.96. The van der Waals surface area contributed by atoms with Gasteiger partial charge in [0.15, 0.2) is 0 Å². The molecule has 24 heavy (non-hydrogen) atoms. The molecule has 2 aliphatic rings. The average molecular weight is 337 g/mol. The van der Waals surface area contributed by atoms with Gasteiger partial charge in [0.2, 0.25) is 11.8 Å². The topological polar surface area (TPSA) is 43.9 Å². The van der Waals surface area contributed by atoms with Gasteiger partial charge in [0.25, 0.3) is 0 Å². The van der Waals surface area contributed by atoms with Gasteiger partial charge < -0.3 is 14.7 Å². The van der Waals surface area contributed by atoms with Gasteiger partial charge in [0.05, 0.1) is 11.6 Å². The number of hydrogen-bond acceptors (Lipinski definition) is 3. The third kappa shape index (κ3) is 3.26. The van der Waals surface area contributed by atoms with Crippen LogP contribution in [0.3, 0.4) is 0 Å². The molecule has 3 rings (SSSR count). The molecule has 2 fully saturated rings. The Kier molecular flexibility index (Phi) is 4.80. The van der Waals surface area contributed by atoms with Crippen molar-refractivity contribution >= 4 is 17.5 Å². The molecule has 0 aromatic heterocycles. The fourth-order valence-corrected chi connectivity index (χ4v) is 3.35. The van der Waals surface area contributed by atoms with E-state index in [1.807, 2.05) is 0 Å². The molecule has 7 heteroatoms. The van der Waals surface area contributed by atoms with Gasteiger partial charge in [-0.1, -0.05) is 6.92 Å². The monoisotopic (exact) mass is 337 g/mol. The first-order chi connectivity index (χ1) is 11.5. The standard InChI is InChI=1S/C17H21F2N3O2/c1-2-20-5-7-21(8-6-20)17(24)12-9-16(23)22(11-12)15-4-3-13(18)10-14(15)19/h3-4,10,12H,2,5-9,11H2,1H3. The molecular weight excluding hydrogens is 316 g/mol. The molecule has 0 N–H and O–H groups in total. The number of hydrogen-bond donors (Lipinski definition) is 0. The minimum Gasteiger partial charge on any atom is -0.340 e. The summed E-state index contributed by atoms with van der Waals surface area (Å²) in [5, 5.41) is 0. The molecule has 0 bridgehead atoms. The maximum Gasteiger partial charge on any atom is 0.228 e. The summed E-state index contributed by atoms with van der Waals surface area (Å²) in [6.07, 6.45) is 0.0731. The van der Waals surface area contributed by atoms with Crippen LogP contribution in [0, 0.1) is 17.6 Å². The van der Waals surface area contributed by atoms with Crippen molar-refractivity contribution in [2.45, 2.75) is 13.3 Å². The van der Waals surface area contributed by atoms with Gasteiger partial charge in [-0.3, -0.25) is 9.59 Å². The molecule has 0 spiro atoms. The number of amides is 2. The van der Waals surface area contributed by atoms with Crippen LogP contribution in [0.1, 0.15) is 13.3 Å². The number of benzene rings is 1. The van der Waals surface area contributed by atoms with Gasteiger partial charge in [-0.2, -0.15) is 0 Å². The number of likely N-dealkylation sites (N-methyl/N-ethyl adjacent to an activating group) is 1. The number of anilines is 1. The zero-order chi connectivity index (χ0) is 17.3. The van der Waals surface area contributed by atoms with E-state index in [0.717, 1.165) is 31.8 Å². The third-order valence-electron chi connectivity index (χ3n) is 4.81. The number of halogens is 2. The molecule has 2 aliphatic heterocycles. The van der Waals surface area contributed by atoms with Crippen molar-refractivity contribution in [2.24, 2.45) is 5.92 Å². The molecule has 130 valence electrons. The van der Waals surface area contributed by atoms with Gasteiger partial charge in [0.1, 0.15) is 11.6 Å². The van der Waals surface area contributed by atoms with E-state index >= 15 is 0 Å². The molecule has 1 aromatic carbocycles. The van der Waals surface area contributed by atoms with Gasteiger partial charge in [-0.15, -0.1) is 0 Å². The van der Waals surface area contributed by atoms with Crippen molar-refractivity contribution < 1.29 is 18.4 Å². The fourth-order valence-electron chi connectivity index (χ4n) is 3.35. The Bertz CT molecular complexity index is 645. The van der Waals surface area contributed by atoms with Crippen LogP contribution in [0.25, 0.3) is 0 Å². The maximum absolute atomic E-state index is 13.9. The quantitative estimate of drug-likeness (QED) is 0.839. The van der Waals surface area contributed by atoms with Crippen LogP contribution >= 0.6 is 0 Å². The molecule has 1 atom stereocenters. The summed E-state index contributed by atoms with van der Waals surface area (Å²) >= 11 is 0. The second kappa shape index (κ2) is 6.84. The van der Waals surface area contributed by atoms with E-state index in [0.29, 0.717) is 13.1 Å². The molecule has 2 saturated heterocycles. The zero-order valence-electron chi connectivity index (χ0n) is 13.7. The van der Waals surface area contributed by atoms with Crippen molar-refractivity contribution in [1.82, 2.24) is 9.80 Å². The molecule has 5 nitrogen and oxygen atoms in total. The summed E-state index contributed by atoms with van der Waals surface area (Å²) in [6, 6.07) is 3.11. The predicted octanol–water partition coefficient (Wildman–Crippen LogP) is 1.48. The van der Waals surface area contributed by atoms with Crippen LogP contribution in [0.15, 0.2) is 18.2 Å². The lowest BCUT2D eigenvalue weighted by Crippen LogP contribution is -2.50. The van der Waals surface area contributed by atoms with Crippen LogP contribution in [0.5, 0.6) is 0 Å². The Morgan fingerprint density at radius 1 is 1.21 bits per heavy atom. The molecule has 1 unspecified atom stereocenters. The molecule has 0 radical (unpaired) electrons. The van der Waals surface area contributed by atoms with E-state index in [-0.39, 0.29) is 30.5 Å². The van der Waals surface area contributed by atoms with Crippen molar-refractivity contribution in [3.63, 3.8) is 0 Å². The fraction of sp³-hybridized carbons (Fsp3) is 0.529. The van der Waals surface area contributed by atoms with Gasteiger partial charge in [0, 0.05) is 45.2 Å². The summed E-state index contributed by atoms with van der Waals surface area (Å²) in [5.41, 5.74) is 0.0347. The summed E-state index contributed by atoms with van der Waals surface area (Å²) < 4.78 is 26.9. The first-order valence-electron chi connectivity index (χ1n) is 8.26. The van der Waals surface area contributed by atoms with Crippen molar-refractivity contribution in [2.75, 3.05) is 44.2 Å². The van der Waals surface area contributed by atoms with E-state index in [4.69, 9.17) is 0 Å².